The Hall–Kier alpha value is -1.06. The lowest BCUT2D eigenvalue weighted by Gasteiger charge is -2.36. The molecule has 3 heteroatoms. The number of nitrogens with two attached hydrogens (primary N) is 1. The van der Waals surface area contributed by atoms with E-state index in [1.807, 2.05) is 0 Å². The molecule has 1 aliphatic heterocycles. The Morgan fingerprint density at radius 2 is 2.10 bits per heavy atom. The van der Waals surface area contributed by atoms with Crippen molar-refractivity contribution in [1.29, 1.82) is 0 Å². The molecule has 2 N–H and O–H groups in total. The Kier molecular flexibility index (Phi) is 3.99. The standard InChI is InChI=1S/C17H25NO2/c1-13-5-6-16-14(9-13)10-15(20-16)11-19-17(12-18)7-3-2-4-8-17/h5-6,9,15H,2-4,7-8,10-12,18H2,1H3. The van der Waals surface area contributed by atoms with E-state index in [1.54, 1.807) is 0 Å². The summed E-state index contributed by atoms with van der Waals surface area (Å²) in [5, 5.41) is 0. The van der Waals surface area contributed by atoms with Crippen LogP contribution in [-0.2, 0) is 11.2 Å². The fourth-order valence-corrected chi connectivity index (χ4v) is 3.42. The number of fused-ring (bicyclic) bond motifs is 1. The van der Waals surface area contributed by atoms with Crippen molar-refractivity contribution in [2.75, 3.05) is 13.2 Å². The molecule has 110 valence electrons. The highest BCUT2D eigenvalue weighted by Gasteiger charge is 2.33. The molecule has 3 rings (SSSR count). The van der Waals surface area contributed by atoms with Crippen LogP contribution >= 0.6 is 0 Å². The van der Waals surface area contributed by atoms with Crippen LogP contribution in [-0.4, -0.2) is 24.9 Å². The average molecular weight is 275 g/mol. The highest BCUT2D eigenvalue weighted by molar-refractivity contribution is 5.40. The van der Waals surface area contributed by atoms with Crippen molar-refractivity contribution in [2.24, 2.45) is 5.73 Å². The van der Waals surface area contributed by atoms with Crippen LogP contribution in [0.15, 0.2) is 18.2 Å². The molecule has 1 aromatic carbocycles. The fourth-order valence-electron chi connectivity index (χ4n) is 3.42. The van der Waals surface area contributed by atoms with Crippen LogP contribution in [0, 0.1) is 6.92 Å². The maximum atomic E-state index is 6.22. The van der Waals surface area contributed by atoms with Gasteiger partial charge < -0.3 is 15.2 Å². The van der Waals surface area contributed by atoms with Gasteiger partial charge in [0.1, 0.15) is 11.9 Å². The molecule has 0 aromatic heterocycles. The van der Waals surface area contributed by atoms with Gasteiger partial charge in [-0.2, -0.15) is 0 Å². The third-order valence-electron chi connectivity index (χ3n) is 4.67. The number of hydrogen-bond donors (Lipinski definition) is 1. The van der Waals surface area contributed by atoms with E-state index in [2.05, 4.69) is 25.1 Å². The summed E-state index contributed by atoms with van der Waals surface area (Å²) < 4.78 is 12.2. The molecule has 0 amide bonds. The summed E-state index contributed by atoms with van der Waals surface area (Å²) in [5.41, 5.74) is 8.47. The molecule has 1 heterocycles. The first-order chi connectivity index (χ1) is 9.71. The fraction of sp³-hybridized carbons (Fsp3) is 0.647. The van der Waals surface area contributed by atoms with Gasteiger partial charge in [-0.25, -0.2) is 0 Å². The van der Waals surface area contributed by atoms with Gasteiger partial charge in [0.05, 0.1) is 12.2 Å². The number of hydrogen-bond acceptors (Lipinski definition) is 3. The van der Waals surface area contributed by atoms with Crippen molar-refractivity contribution in [2.45, 2.75) is 57.2 Å². The number of ether oxygens (including phenoxy) is 2. The van der Waals surface area contributed by atoms with Gasteiger partial charge in [0.2, 0.25) is 0 Å². The Morgan fingerprint density at radius 3 is 2.85 bits per heavy atom. The number of aryl methyl sites for hydroxylation is 1. The molecule has 0 bridgehead atoms. The molecule has 1 unspecified atom stereocenters. The Bertz CT molecular complexity index is 466. The Balaban J connectivity index is 1.57. The van der Waals surface area contributed by atoms with Crippen LogP contribution in [0.3, 0.4) is 0 Å². The van der Waals surface area contributed by atoms with E-state index in [1.165, 1.54) is 30.4 Å². The lowest BCUT2D eigenvalue weighted by atomic mass is 9.84. The molecule has 1 saturated carbocycles. The van der Waals surface area contributed by atoms with Crippen molar-refractivity contribution in [3.05, 3.63) is 29.3 Å². The normalized spacial score (nSPS) is 24.2. The highest BCUT2D eigenvalue weighted by atomic mass is 16.5. The van der Waals surface area contributed by atoms with Gasteiger partial charge in [-0.05, 0) is 31.4 Å². The van der Waals surface area contributed by atoms with Gasteiger partial charge in [0.15, 0.2) is 0 Å². The second-order valence-electron chi connectivity index (χ2n) is 6.31. The minimum Gasteiger partial charge on any atom is -0.487 e. The maximum Gasteiger partial charge on any atom is 0.126 e. The molecule has 2 aliphatic rings. The lowest BCUT2D eigenvalue weighted by molar-refractivity contribution is -0.0854. The molecule has 1 fully saturated rings. The van der Waals surface area contributed by atoms with E-state index < -0.39 is 0 Å². The quantitative estimate of drug-likeness (QED) is 0.918. The van der Waals surface area contributed by atoms with E-state index in [9.17, 15) is 0 Å². The summed E-state index contributed by atoms with van der Waals surface area (Å²) in [7, 11) is 0. The predicted octanol–water partition coefficient (Wildman–Crippen LogP) is 2.98. The summed E-state index contributed by atoms with van der Waals surface area (Å²) in [4.78, 5) is 0. The van der Waals surface area contributed by atoms with Crippen molar-refractivity contribution >= 4 is 0 Å². The zero-order valence-electron chi connectivity index (χ0n) is 12.4. The monoisotopic (exact) mass is 275 g/mol. The minimum atomic E-state index is -0.0910. The summed E-state index contributed by atoms with van der Waals surface area (Å²) in [6.45, 7) is 3.41. The molecule has 0 spiro atoms. The van der Waals surface area contributed by atoms with Crippen LogP contribution in [0.25, 0.3) is 0 Å². The summed E-state index contributed by atoms with van der Waals surface area (Å²) >= 11 is 0. The van der Waals surface area contributed by atoms with Crippen molar-refractivity contribution in [1.82, 2.24) is 0 Å². The van der Waals surface area contributed by atoms with Crippen molar-refractivity contribution in [3.63, 3.8) is 0 Å². The van der Waals surface area contributed by atoms with Gasteiger partial charge in [-0.15, -0.1) is 0 Å². The number of rotatable bonds is 4. The molecule has 0 radical (unpaired) electrons. The molecule has 3 nitrogen and oxygen atoms in total. The van der Waals surface area contributed by atoms with Gasteiger partial charge in [0.25, 0.3) is 0 Å². The summed E-state index contributed by atoms with van der Waals surface area (Å²) in [5.74, 6) is 1.02. The van der Waals surface area contributed by atoms with Crippen molar-refractivity contribution in [3.8, 4) is 5.75 Å². The summed E-state index contributed by atoms with van der Waals surface area (Å²) in [6, 6.07) is 6.39. The topological polar surface area (TPSA) is 44.5 Å². The number of benzene rings is 1. The second-order valence-corrected chi connectivity index (χ2v) is 6.31. The molecular weight excluding hydrogens is 250 g/mol. The SMILES string of the molecule is Cc1ccc2c(c1)CC(COC1(CN)CCCCC1)O2. The van der Waals surface area contributed by atoms with E-state index in [4.69, 9.17) is 15.2 Å². The van der Waals surface area contributed by atoms with Gasteiger partial charge in [-0.3, -0.25) is 0 Å². The van der Waals surface area contributed by atoms with Gasteiger partial charge >= 0.3 is 0 Å². The van der Waals surface area contributed by atoms with Crippen LogP contribution in [0.5, 0.6) is 5.75 Å². The lowest BCUT2D eigenvalue weighted by Crippen LogP contribution is -2.44. The first-order valence-electron chi connectivity index (χ1n) is 7.81. The van der Waals surface area contributed by atoms with Gasteiger partial charge in [-0.1, -0.05) is 37.0 Å². The maximum absolute atomic E-state index is 6.22. The van der Waals surface area contributed by atoms with Crippen LogP contribution in [0.4, 0.5) is 0 Å². The minimum absolute atomic E-state index is 0.0910. The predicted molar refractivity (Wildman–Crippen MR) is 80.1 cm³/mol. The van der Waals surface area contributed by atoms with Gasteiger partial charge in [0, 0.05) is 13.0 Å². The van der Waals surface area contributed by atoms with E-state index in [-0.39, 0.29) is 11.7 Å². The molecule has 0 saturated heterocycles. The zero-order chi connectivity index (χ0) is 14.0. The van der Waals surface area contributed by atoms with Crippen LogP contribution in [0.2, 0.25) is 0 Å². The van der Waals surface area contributed by atoms with Crippen LogP contribution in [0.1, 0.15) is 43.2 Å². The highest BCUT2D eigenvalue weighted by Crippen LogP contribution is 2.33. The van der Waals surface area contributed by atoms with E-state index in [0.29, 0.717) is 13.2 Å². The molecular formula is C17H25NO2. The molecule has 1 aromatic rings. The molecule has 20 heavy (non-hydrogen) atoms. The third kappa shape index (κ3) is 2.84. The average Bonchev–Trinajstić information content (AvgIpc) is 2.88. The smallest absolute Gasteiger partial charge is 0.126 e. The largest absolute Gasteiger partial charge is 0.487 e. The van der Waals surface area contributed by atoms with Crippen molar-refractivity contribution < 1.29 is 9.47 Å². The van der Waals surface area contributed by atoms with E-state index >= 15 is 0 Å². The Morgan fingerprint density at radius 1 is 1.30 bits per heavy atom. The van der Waals surface area contributed by atoms with E-state index in [0.717, 1.165) is 25.0 Å². The first kappa shape index (κ1) is 13.9. The zero-order valence-corrected chi connectivity index (χ0v) is 12.4. The first-order valence-corrected chi connectivity index (χ1v) is 7.81. The summed E-state index contributed by atoms with van der Waals surface area (Å²) in [6.07, 6.45) is 7.10. The van der Waals surface area contributed by atoms with Crippen LogP contribution < -0.4 is 10.5 Å². The second kappa shape index (κ2) is 5.74. The molecule has 1 atom stereocenters. The Labute approximate surface area is 121 Å². The third-order valence-corrected chi connectivity index (χ3v) is 4.67. The molecule has 1 aliphatic carbocycles.